The minimum atomic E-state index is -1.14. The second kappa shape index (κ2) is 13.1. The molecule has 0 bridgehead atoms. The number of hydrogen-bond donors (Lipinski definition) is 3. The maximum absolute atomic E-state index is 13.0. The molecule has 4 N–H and O–H groups in total. The van der Waals surface area contributed by atoms with Crippen molar-refractivity contribution < 1.29 is 19.2 Å². The van der Waals surface area contributed by atoms with E-state index in [0.29, 0.717) is 24.2 Å². The van der Waals surface area contributed by atoms with E-state index in [2.05, 4.69) is 44.8 Å². The fraction of sp³-hybridized carbons (Fsp3) is 0.455. The Labute approximate surface area is 256 Å². The van der Waals surface area contributed by atoms with Crippen molar-refractivity contribution in [3.05, 3.63) is 65.6 Å². The summed E-state index contributed by atoms with van der Waals surface area (Å²) in [5, 5.41) is 11.4. The van der Waals surface area contributed by atoms with Crippen molar-refractivity contribution in [2.75, 3.05) is 25.0 Å². The Morgan fingerprint density at radius 1 is 1.11 bits per heavy atom. The molecule has 3 aliphatic rings. The number of carbonyl (C=O) groups excluding carboxylic acids is 4. The third-order valence-corrected chi connectivity index (χ3v) is 9.24. The van der Waals surface area contributed by atoms with Gasteiger partial charge in [0.1, 0.15) is 12.3 Å². The first-order valence-electron chi connectivity index (χ1n) is 15.6. The van der Waals surface area contributed by atoms with E-state index in [-0.39, 0.29) is 24.0 Å². The monoisotopic (exact) mass is 597 g/mol. The van der Waals surface area contributed by atoms with Crippen LogP contribution in [0.5, 0.6) is 0 Å². The van der Waals surface area contributed by atoms with Gasteiger partial charge in [-0.25, -0.2) is 0 Å². The lowest BCUT2D eigenvalue weighted by atomic mass is 9.77. The second-order valence-corrected chi connectivity index (χ2v) is 12.1. The lowest BCUT2D eigenvalue weighted by Gasteiger charge is -2.35. The molecule has 2 fully saturated rings. The lowest BCUT2D eigenvalue weighted by Crippen LogP contribution is -2.47. The van der Waals surface area contributed by atoms with E-state index in [1.54, 1.807) is 18.2 Å². The van der Waals surface area contributed by atoms with Crippen molar-refractivity contribution >= 4 is 29.7 Å². The lowest BCUT2D eigenvalue weighted by molar-refractivity contribution is -0.122. The van der Waals surface area contributed by atoms with Gasteiger partial charge < -0.3 is 21.2 Å². The van der Waals surface area contributed by atoms with Crippen LogP contribution in [0, 0.1) is 5.92 Å². The molecule has 230 valence electrons. The number of nitrogens with zero attached hydrogens (tertiary/aromatic N) is 4. The number of benzene rings is 1. The first-order chi connectivity index (χ1) is 21.4. The molecule has 6 rings (SSSR count). The maximum atomic E-state index is 13.0. The molecular weight excluding hydrogens is 558 g/mol. The van der Waals surface area contributed by atoms with Gasteiger partial charge in [-0.3, -0.25) is 28.9 Å². The highest BCUT2D eigenvalue weighted by Crippen LogP contribution is 2.40. The summed E-state index contributed by atoms with van der Waals surface area (Å²) in [4.78, 5) is 54.4. The number of nitrogens with two attached hydrogens (primary N) is 1. The fourth-order valence-corrected chi connectivity index (χ4v) is 6.68. The summed E-state index contributed by atoms with van der Waals surface area (Å²) in [6, 6.07) is 10.6. The number of piperidine rings is 1. The Balaban J connectivity index is 0.964. The second-order valence-electron chi connectivity index (χ2n) is 12.1. The van der Waals surface area contributed by atoms with Gasteiger partial charge in [-0.15, -0.1) is 0 Å². The minimum absolute atomic E-state index is 0.0166. The number of amides is 3. The summed E-state index contributed by atoms with van der Waals surface area (Å²) in [6.07, 6.45) is 11.3. The van der Waals surface area contributed by atoms with Crippen LogP contribution in [0.15, 0.2) is 48.8 Å². The van der Waals surface area contributed by atoms with Crippen molar-refractivity contribution in [3.8, 4) is 11.3 Å². The molecule has 2 aliphatic heterocycles. The van der Waals surface area contributed by atoms with Crippen LogP contribution >= 0.6 is 0 Å². The molecule has 11 nitrogen and oxygen atoms in total. The van der Waals surface area contributed by atoms with Gasteiger partial charge in [0.05, 0.1) is 29.1 Å². The smallest absolute Gasteiger partial charge is 0.262 e. The molecule has 4 heterocycles. The van der Waals surface area contributed by atoms with Crippen molar-refractivity contribution in [2.45, 2.75) is 69.4 Å². The number of aldehydes is 1. The van der Waals surface area contributed by atoms with Crippen molar-refractivity contribution in [2.24, 2.45) is 11.7 Å². The molecule has 11 heteroatoms. The number of carbonyl (C=O) groups is 4. The molecule has 1 aliphatic carbocycles. The van der Waals surface area contributed by atoms with E-state index in [1.165, 1.54) is 5.69 Å². The number of pyridine rings is 1. The third kappa shape index (κ3) is 6.14. The summed E-state index contributed by atoms with van der Waals surface area (Å²) < 4.78 is 2.09. The summed E-state index contributed by atoms with van der Waals surface area (Å²) >= 11 is 0. The normalized spacial score (nSPS) is 20.7. The molecule has 3 aromatic rings. The number of fused-ring (bicyclic) bond motifs is 1. The molecular formula is C33H39N7O4. The van der Waals surface area contributed by atoms with E-state index in [1.807, 2.05) is 6.20 Å². The van der Waals surface area contributed by atoms with E-state index in [0.717, 1.165) is 80.0 Å². The van der Waals surface area contributed by atoms with Crippen LogP contribution in [-0.4, -0.2) is 69.3 Å². The molecule has 3 amide bonds. The van der Waals surface area contributed by atoms with E-state index >= 15 is 0 Å². The SMILES string of the molecule is NC(=O)C(CCC=O)N1C(=O)c2ccc(NCCCC3CC(n4cc(-c5cccc(C6CCNCC6)n5)cn4)C3)cc2C1=O. The average Bonchev–Trinajstić information content (AvgIpc) is 3.60. The minimum Gasteiger partial charge on any atom is -0.385 e. The van der Waals surface area contributed by atoms with Crippen LogP contribution in [0.2, 0.25) is 0 Å². The summed E-state index contributed by atoms with van der Waals surface area (Å²) in [6.45, 7) is 2.84. The van der Waals surface area contributed by atoms with Crippen LogP contribution in [-0.2, 0) is 9.59 Å². The zero-order valence-electron chi connectivity index (χ0n) is 24.8. The summed E-state index contributed by atoms with van der Waals surface area (Å²) in [5.74, 6) is -0.761. The predicted octanol–water partition coefficient (Wildman–Crippen LogP) is 3.68. The Hall–Kier alpha value is -4.38. The zero-order valence-corrected chi connectivity index (χ0v) is 24.8. The van der Waals surface area contributed by atoms with E-state index < -0.39 is 23.8 Å². The number of imide groups is 1. The van der Waals surface area contributed by atoms with Gasteiger partial charge in [0.2, 0.25) is 5.91 Å². The van der Waals surface area contributed by atoms with Gasteiger partial charge >= 0.3 is 0 Å². The van der Waals surface area contributed by atoms with Crippen LogP contribution < -0.4 is 16.4 Å². The molecule has 44 heavy (non-hydrogen) atoms. The molecule has 2 aromatic heterocycles. The molecule has 0 radical (unpaired) electrons. The Kier molecular flexibility index (Phi) is 8.83. The number of rotatable bonds is 13. The molecule has 1 saturated carbocycles. The van der Waals surface area contributed by atoms with Gasteiger partial charge in [0.25, 0.3) is 11.8 Å². The highest BCUT2D eigenvalue weighted by atomic mass is 16.2. The first kappa shape index (κ1) is 29.7. The van der Waals surface area contributed by atoms with Crippen molar-refractivity contribution in [3.63, 3.8) is 0 Å². The number of anilines is 1. The molecule has 0 spiro atoms. The molecule has 1 atom stereocenters. The van der Waals surface area contributed by atoms with Gasteiger partial charge in [-0.05, 0) is 94.3 Å². The number of nitrogens with one attached hydrogen (secondary N) is 2. The van der Waals surface area contributed by atoms with Crippen LogP contribution in [0.25, 0.3) is 11.3 Å². The van der Waals surface area contributed by atoms with Gasteiger partial charge in [-0.2, -0.15) is 5.10 Å². The standard InChI is InChI=1S/C33H39N7O4/c34-31(42)30(7-3-15-41)40-32(43)26-9-8-24(18-27(26)33(40)44)36-12-2-4-21-16-25(17-21)39-20-23(19-37-39)29-6-1-5-28(38-29)22-10-13-35-14-11-22/h1,5-6,8-9,15,18-22,25,30,35-36H,2-4,7,10-14,16-17H2,(H2,34,42). The summed E-state index contributed by atoms with van der Waals surface area (Å²) in [7, 11) is 0. The Morgan fingerprint density at radius 2 is 1.91 bits per heavy atom. The van der Waals surface area contributed by atoms with Crippen LogP contribution in [0.1, 0.15) is 89.7 Å². The van der Waals surface area contributed by atoms with Gasteiger partial charge in [-0.1, -0.05) is 6.07 Å². The topological polar surface area (TPSA) is 152 Å². The molecule has 1 unspecified atom stereocenters. The van der Waals surface area contributed by atoms with Crippen LogP contribution in [0.3, 0.4) is 0 Å². The van der Waals surface area contributed by atoms with E-state index in [4.69, 9.17) is 10.7 Å². The Morgan fingerprint density at radius 3 is 2.68 bits per heavy atom. The highest BCUT2D eigenvalue weighted by molar-refractivity contribution is 6.23. The van der Waals surface area contributed by atoms with Gasteiger partial charge in [0.15, 0.2) is 0 Å². The van der Waals surface area contributed by atoms with E-state index in [9.17, 15) is 19.2 Å². The number of primary amides is 1. The largest absolute Gasteiger partial charge is 0.385 e. The van der Waals surface area contributed by atoms with Crippen molar-refractivity contribution in [1.82, 2.24) is 25.0 Å². The van der Waals surface area contributed by atoms with Crippen LogP contribution in [0.4, 0.5) is 5.69 Å². The zero-order chi connectivity index (χ0) is 30.6. The average molecular weight is 598 g/mol. The van der Waals surface area contributed by atoms with Crippen molar-refractivity contribution in [1.29, 1.82) is 0 Å². The predicted molar refractivity (Wildman–Crippen MR) is 165 cm³/mol. The Bertz CT molecular complexity index is 1540. The highest BCUT2D eigenvalue weighted by Gasteiger charge is 2.42. The quantitative estimate of drug-likeness (QED) is 0.153. The number of hydrogen-bond acceptors (Lipinski definition) is 8. The number of aromatic nitrogens is 3. The third-order valence-electron chi connectivity index (χ3n) is 9.24. The fourth-order valence-electron chi connectivity index (χ4n) is 6.68. The van der Waals surface area contributed by atoms with Gasteiger partial charge in [0, 0.05) is 42.0 Å². The molecule has 1 aromatic carbocycles. The summed E-state index contributed by atoms with van der Waals surface area (Å²) in [5.41, 5.74) is 9.90. The first-order valence-corrected chi connectivity index (χ1v) is 15.6. The molecule has 1 saturated heterocycles. The maximum Gasteiger partial charge on any atom is 0.262 e.